The second kappa shape index (κ2) is 16.5. The van der Waals surface area contributed by atoms with Gasteiger partial charge in [0.05, 0.1) is 0 Å². The molecule has 1 aromatic rings. The lowest BCUT2D eigenvalue weighted by Crippen LogP contribution is -2.29. The van der Waals surface area contributed by atoms with Gasteiger partial charge in [-0.15, -0.1) is 24.8 Å². The first-order chi connectivity index (χ1) is 10.3. The molecule has 136 valence electrons. The quantitative estimate of drug-likeness (QED) is 0.520. The van der Waals surface area contributed by atoms with Gasteiger partial charge in [0, 0.05) is 6.54 Å². The van der Waals surface area contributed by atoms with E-state index in [1.54, 1.807) is 0 Å². The van der Waals surface area contributed by atoms with Crippen LogP contribution in [0.5, 0.6) is 0 Å². The minimum Gasteiger partial charge on any atom is -0.313 e. The van der Waals surface area contributed by atoms with Crippen molar-refractivity contribution in [1.29, 1.82) is 0 Å². The highest BCUT2D eigenvalue weighted by molar-refractivity contribution is 5.85. The minimum atomic E-state index is -0.166. The predicted octanol–water partition coefficient (Wildman–Crippen LogP) is 5.05. The number of benzene rings is 1. The maximum Gasteiger partial charge on any atom is 0.123 e. The van der Waals surface area contributed by atoms with E-state index in [9.17, 15) is 4.39 Å². The van der Waals surface area contributed by atoms with Crippen LogP contribution in [0.15, 0.2) is 24.3 Å². The van der Waals surface area contributed by atoms with Gasteiger partial charge >= 0.3 is 0 Å². The van der Waals surface area contributed by atoms with Crippen LogP contribution < -0.4 is 5.32 Å². The van der Waals surface area contributed by atoms with Crippen molar-refractivity contribution in [3.63, 3.8) is 0 Å². The monoisotopic (exact) mass is 366 g/mol. The van der Waals surface area contributed by atoms with E-state index < -0.39 is 0 Å². The molecule has 0 unspecified atom stereocenters. The van der Waals surface area contributed by atoms with Gasteiger partial charge in [0.2, 0.25) is 0 Å². The molecule has 0 bridgehead atoms. The van der Waals surface area contributed by atoms with Crippen molar-refractivity contribution >= 4 is 24.8 Å². The van der Waals surface area contributed by atoms with E-state index >= 15 is 0 Å². The molecule has 0 heterocycles. The Kier molecular flexibility index (Phi) is 17.9. The maximum atomic E-state index is 12.8. The molecule has 0 aliphatic heterocycles. The Labute approximate surface area is 154 Å². The molecule has 0 amide bonds. The van der Waals surface area contributed by atoms with E-state index in [-0.39, 0.29) is 30.6 Å². The highest BCUT2D eigenvalue weighted by atomic mass is 35.5. The molecule has 0 aliphatic carbocycles. The fourth-order valence-corrected chi connectivity index (χ4v) is 2.36. The lowest BCUT2D eigenvalue weighted by Gasteiger charge is -2.21. The van der Waals surface area contributed by atoms with Crippen LogP contribution in [0.25, 0.3) is 0 Å². The summed E-state index contributed by atoms with van der Waals surface area (Å²) in [4.78, 5) is 2.59. The topological polar surface area (TPSA) is 15.3 Å². The molecule has 5 heteroatoms. The molecule has 1 N–H and O–H groups in total. The number of hydrogen-bond acceptors (Lipinski definition) is 2. The van der Waals surface area contributed by atoms with Crippen LogP contribution in [0.4, 0.5) is 4.39 Å². The van der Waals surface area contributed by atoms with Gasteiger partial charge in [-0.25, -0.2) is 4.39 Å². The molecule has 0 spiro atoms. The standard InChI is InChI=1S/C18H31FN2.2ClH/c1-3-5-13-21(14-6-4-2)15-7-12-20-16-17-8-10-18(19)11-9-17;;/h8-11,20H,3-7,12-16H2,1-2H3;2*1H. The maximum absolute atomic E-state index is 12.8. The fraction of sp³-hybridized carbons (Fsp3) is 0.667. The van der Waals surface area contributed by atoms with Crippen molar-refractivity contribution in [3.8, 4) is 0 Å². The van der Waals surface area contributed by atoms with Crippen LogP contribution in [0.3, 0.4) is 0 Å². The molecule has 0 saturated carbocycles. The largest absolute Gasteiger partial charge is 0.313 e. The van der Waals surface area contributed by atoms with Crippen molar-refractivity contribution in [2.24, 2.45) is 0 Å². The zero-order chi connectivity index (χ0) is 15.3. The molecule has 0 fully saturated rings. The molecular formula is C18H33Cl2FN2. The lowest BCUT2D eigenvalue weighted by atomic mass is 10.2. The fourth-order valence-electron chi connectivity index (χ4n) is 2.36. The number of unbranched alkanes of at least 4 members (excludes halogenated alkanes) is 2. The molecule has 1 aromatic carbocycles. The molecule has 0 aliphatic rings. The van der Waals surface area contributed by atoms with E-state index in [1.807, 2.05) is 12.1 Å². The van der Waals surface area contributed by atoms with E-state index in [0.29, 0.717) is 0 Å². The van der Waals surface area contributed by atoms with Gasteiger partial charge in [0.1, 0.15) is 5.82 Å². The van der Waals surface area contributed by atoms with Crippen LogP contribution >= 0.6 is 24.8 Å². The summed E-state index contributed by atoms with van der Waals surface area (Å²) in [5.41, 5.74) is 1.14. The van der Waals surface area contributed by atoms with E-state index in [2.05, 4.69) is 24.1 Å². The van der Waals surface area contributed by atoms with Crippen LogP contribution in [-0.2, 0) is 6.54 Å². The molecule has 0 atom stereocenters. The number of nitrogens with one attached hydrogen (secondary N) is 1. The van der Waals surface area contributed by atoms with Gasteiger partial charge in [0.25, 0.3) is 0 Å². The number of rotatable bonds is 12. The smallest absolute Gasteiger partial charge is 0.123 e. The Balaban J connectivity index is 0. The first-order valence-electron chi connectivity index (χ1n) is 8.43. The Hall–Kier alpha value is -0.350. The molecule has 1 rings (SSSR count). The van der Waals surface area contributed by atoms with E-state index in [4.69, 9.17) is 0 Å². The van der Waals surface area contributed by atoms with E-state index in [1.165, 1.54) is 63.9 Å². The molecular weight excluding hydrogens is 334 g/mol. The third-order valence-corrected chi connectivity index (χ3v) is 3.73. The summed E-state index contributed by atoms with van der Waals surface area (Å²) in [5, 5.41) is 3.44. The highest BCUT2D eigenvalue weighted by Gasteiger charge is 2.03. The third-order valence-electron chi connectivity index (χ3n) is 3.73. The summed E-state index contributed by atoms with van der Waals surface area (Å²) in [5.74, 6) is -0.166. The Bertz CT molecular complexity index is 353. The predicted molar refractivity (Wildman–Crippen MR) is 103 cm³/mol. The van der Waals surface area contributed by atoms with Crippen molar-refractivity contribution in [2.75, 3.05) is 26.2 Å². The van der Waals surface area contributed by atoms with E-state index in [0.717, 1.165) is 18.7 Å². The average molecular weight is 367 g/mol. The summed E-state index contributed by atoms with van der Waals surface area (Å²) in [7, 11) is 0. The van der Waals surface area contributed by atoms with Gasteiger partial charge in [-0.2, -0.15) is 0 Å². The Morgan fingerprint density at radius 2 is 1.39 bits per heavy atom. The Morgan fingerprint density at radius 1 is 0.870 bits per heavy atom. The van der Waals surface area contributed by atoms with Gasteiger partial charge < -0.3 is 10.2 Å². The Morgan fingerprint density at radius 3 is 1.91 bits per heavy atom. The summed E-state index contributed by atoms with van der Waals surface area (Å²) in [6.07, 6.45) is 6.31. The first-order valence-corrected chi connectivity index (χ1v) is 8.43. The third kappa shape index (κ3) is 12.7. The SMILES string of the molecule is CCCCN(CCCC)CCCNCc1ccc(F)cc1.Cl.Cl. The zero-order valence-corrected chi connectivity index (χ0v) is 16.2. The number of hydrogen-bond donors (Lipinski definition) is 1. The van der Waals surface area contributed by atoms with Crippen LogP contribution in [0.2, 0.25) is 0 Å². The molecule has 23 heavy (non-hydrogen) atoms. The summed E-state index contributed by atoms with van der Waals surface area (Å²) < 4.78 is 12.8. The van der Waals surface area contributed by atoms with Crippen molar-refractivity contribution in [1.82, 2.24) is 10.2 Å². The van der Waals surface area contributed by atoms with Gasteiger partial charge in [-0.3, -0.25) is 0 Å². The second-order valence-corrected chi connectivity index (χ2v) is 5.71. The van der Waals surface area contributed by atoms with Crippen molar-refractivity contribution < 1.29 is 4.39 Å². The van der Waals surface area contributed by atoms with Crippen molar-refractivity contribution in [3.05, 3.63) is 35.6 Å². The molecule has 0 saturated heterocycles. The normalized spacial score (nSPS) is 10.3. The van der Waals surface area contributed by atoms with Crippen LogP contribution in [0.1, 0.15) is 51.5 Å². The van der Waals surface area contributed by atoms with Gasteiger partial charge in [-0.05, 0) is 63.1 Å². The second-order valence-electron chi connectivity index (χ2n) is 5.71. The zero-order valence-electron chi connectivity index (χ0n) is 14.5. The van der Waals surface area contributed by atoms with Crippen LogP contribution in [0, 0.1) is 5.82 Å². The summed E-state index contributed by atoms with van der Waals surface area (Å²) in [6.45, 7) is 9.99. The summed E-state index contributed by atoms with van der Waals surface area (Å²) in [6, 6.07) is 6.73. The number of halogens is 3. The lowest BCUT2D eigenvalue weighted by molar-refractivity contribution is 0.261. The molecule has 2 nitrogen and oxygen atoms in total. The highest BCUT2D eigenvalue weighted by Crippen LogP contribution is 2.03. The van der Waals surface area contributed by atoms with Crippen LogP contribution in [-0.4, -0.2) is 31.1 Å². The molecule has 0 radical (unpaired) electrons. The molecule has 0 aromatic heterocycles. The van der Waals surface area contributed by atoms with Crippen molar-refractivity contribution in [2.45, 2.75) is 52.5 Å². The minimum absolute atomic E-state index is 0. The first kappa shape index (κ1) is 24.9. The summed E-state index contributed by atoms with van der Waals surface area (Å²) >= 11 is 0. The van der Waals surface area contributed by atoms with Gasteiger partial charge in [0.15, 0.2) is 0 Å². The average Bonchev–Trinajstić information content (AvgIpc) is 2.50. The van der Waals surface area contributed by atoms with Gasteiger partial charge in [-0.1, -0.05) is 38.8 Å². The number of nitrogens with zero attached hydrogens (tertiary/aromatic N) is 1.